The zero-order valence-electron chi connectivity index (χ0n) is 11.9. The van der Waals surface area contributed by atoms with Gasteiger partial charge in [-0.2, -0.15) is 18.3 Å². The van der Waals surface area contributed by atoms with Gasteiger partial charge in [-0.15, -0.1) is 11.3 Å². The van der Waals surface area contributed by atoms with E-state index in [9.17, 15) is 28.1 Å². The van der Waals surface area contributed by atoms with Crippen LogP contribution in [0.15, 0.2) is 40.8 Å². The number of carbonyl (C=O) groups excluding carboxylic acids is 1. The van der Waals surface area contributed by atoms with Crippen LogP contribution in [-0.4, -0.2) is 17.0 Å². The maximum absolute atomic E-state index is 12.6. The number of nitrogens with zero attached hydrogens (tertiary/aromatic N) is 2. The molecule has 0 spiro atoms. The summed E-state index contributed by atoms with van der Waals surface area (Å²) < 4.78 is 37.8. The van der Waals surface area contributed by atoms with E-state index in [1.807, 2.05) is 5.38 Å². The molecule has 0 fully saturated rings. The third-order valence-corrected chi connectivity index (χ3v) is 3.69. The molecule has 1 aromatic carbocycles. The van der Waals surface area contributed by atoms with Gasteiger partial charge in [0.05, 0.1) is 23.1 Å². The molecule has 1 heterocycles. The Kier molecular flexibility index (Phi) is 5.29. The second-order valence-electron chi connectivity index (χ2n) is 4.58. The topological polar surface area (TPSA) is 84.6 Å². The minimum atomic E-state index is -4.70. The molecule has 0 bridgehead atoms. The van der Waals surface area contributed by atoms with Crippen LogP contribution in [0.4, 0.5) is 18.9 Å². The summed E-state index contributed by atoms with van der Waals surface area (Å²) in [5.74, 6) is -0.675. The number of rotatable bonds is 5. The van der Waals surface area contributed by atoms with Crippen molar-refractivity contribution in [2.24, 2.45) is 5.10 Å². The number of halogens is 3. The molecule has 0 aliphatic carbocycles. The molecule has 0 saturated heterocycles. The zero-order valence-corrected chi connectivity index (χ0v) is 12.7. The van der Waals surface area contributed by atoms with Crippen molar-refractivity contribution >= 4 is 29.1 Å². The van der Waals surface area contributed by atoms with Gasteiger partial charge in [-0.3, -0.25) is 14.9 Å². The second-order valence-corrected chi connectivity index (χ2v) is 5.56. The lowest BCUT2D eigenvalue weighted by Gasteiger charge is -2.08. The first-order valence-electron chi connectivity index (χ1n) is 6.47. The maximum atomic E-state index is 12.6. The molecular weight excluding hydrogens is 347 g/mol. The summed E-state index contributed by atoms with van der Waals surface area (Å²) in [5.41, 5.74) is 0.139. The van der Waals surface area contributed by atoms with Crippen LogP contribution in [0.1, 0.15) is 16.0 Å². The molecule has 2 aromatic rings. The lowest BCUT2D eigenvalue weighted by atomic mass is 10.1. The molecule has 0 aliphatic heterocycles. The third kappa shape index (κ3) is 4.62. The van der Waals surface area contributed by atoms with E-state index in [1.54, 1.807) is 12.1 Å². The molecule has 24 heavy (non-hydrogen) atoms. The van der Waals surface area contributed by atoms with Gasteiger partial charge < -0.3 is 0 Å². The van der Waals surface area contributed by atoms with Crippen LogP contribution in [0.25, 0.3) is 0 Å². The van der Waals surface area contributed by atoms with Gasteiger partial charge in [0.15, 0.2) is 0 Å². The van der Waals surface area contributed by atoms with Crippen molar-refractivity contribution < 1.29 is 22.9 Å². The maximum Gasteiger partial charge on any atom is 0.416 e. The zero-order chi connectivity index (χ0) is 17.7. The van der Waals surface area contributed by atoms with Crippen LogP contribution in [0.2, 0.25) is 0 Å². The molecule has 2 rings (SSSR count). The number of nitrogens with one attached hydrogen (secondary N) is 1. The highest BCUT2D eigenvalue weighted by atomic mass is 32.1. The molecule has 1 aromatic heterocycles. The third-order valence-electron chi connectivity index (χ3n) is 2.88. The molecule has 0 radical (unpaired) electrons. The van der Waals surface area contributed by atoms with Crippen molar-refractivity contribution in [2.45, 2.75) is 12.6 Å². The first-order chi connectivity index (χ1) is 11.3. The second kappa shape index (κ2) is 7.21. The highest BCUT2D eigenvalue weighted by Gasteiger charge is 2.33. The molecule has 10 heteroatoms. The van der Waals surface area contributed by atoms with Gasteiger partial charge in [0.2, 0.25) is 5.91 Å². The molecule has 1 N–H and O–H groups in total. The SMILES string of the molecule is O=C(Cc1ccc(C(F)(F)F)cc1[N+](=O)[O-])N/N=C/c1cccs1. The lowest BCUT2D eigenvalue weighted by Crippen LogP contribution is -2.20. The number of hydrogen-bond acceptors (Lipinski definition) is 5. The van der Waals surface area contributed by atoms with Crippen molar-refractivity contribution in [3.8, 4) is 0 Å². The first kappa shape index (κ1) is 17.6. The number of thiophene rings is 1. The summed E-state index contributed by atoms with van der Waals surface area (Å²) in [6, 6.07) is 5.59. The Balaban J connectivity index is 2.10. The number of hydrazone groups is 1. The van der Waals surface area contributed by atoms with Gasteiger partial charge in [0, 0.05) is 16.5 Å². The number of carbonyl (C=O) groups is 1. The Morgan fingerprint density at radius 1 is 1.38 bits per heavy atom. The number of alkyl halides is 3. The van der Waals surface area contributed by atoms with Crippen LogP contribution in [-0.2, 0) is 17.4 Å². The van der Waals surface area contributed by atoms with Gasteiger partial charge in [0.25, 0.3) is 5.69 Å². The van der Waals surface area contributed by atoms with E-state index in [1.165, 1.54) is 17.6 Å². The van der Waals surface area contributed by atoms with E-state index in [0.717, 1.165) is 10.9 Å². The Hall–Kier alpha value is -2.75. The Labute approximate surface area is 137 Å². The summed E-state index contributed by atoms with van der Waals surface area (Å²) in [6.45, 7) is 0. The molecule has 126 valence electrons. The number of benzene rings is 1. The fourth-order valence-corrected chi connectivity index (χ4v) is 2.39. The van der Waals surface area contributed by atoms with E-state index in [2.05, 4.69) is 10.5 Å². The fourth-order valence-electron chi connectivity index (χ4n) is 1.80. The quantitative estimate of drug-likeness (QED) is 0.506. The molecule has 0 saturated carbocycles. The monoisotopic (exact) mass is 357 g/mol. The van der Waals surface area contributed by atoms with Gasteiger partial charge in [-0.05, 0) is 17.5 Å². The molecule has 6 nitrogen and oxygen atoms in total. The smallest absolute Gasteiger partial charge is 0.273 e. The van der Waals surface area contributed by atoms with E-state index < -0.39 is 34.7 Å². The number of hydrogen-bond donors (Lipinski definition) is 1. The predicted molar refractivity (Wildman–Crippen MR) is 81.9 cm³/mol. The van der Waals surface area contributed by atoms with Gasteiger partial charge >= 0.3 is 6.18 Å². The fraction of sp³-hybridized carbons (Fsp3) is 0.143. The van der Waals surface area contributed by atoms with Crippen LogP contribution in [0.5, 0.6) is 0 Å². The minimum Gasteiger partial charge on any atom is -0.273 e. The lowest BCUT2D eigenvalue weighted by molar-refractivity contribution is -0.385. The standard InChI is InChI=1S/C14H10F3N3O3S/c15-14(16,17)10-4-3-9(12(7-10)20(22)23)6-13(21)19-18-8-11-2-1-5-24-11/h1-5,7-8H,6H2,(H,19,21)/b18-8+. The predicted octanol–water partition coefficient (Wildman–Crippen LogP) is 3.37. The summed E-state index contributed by atoms with van der Waals surface area (Å²) in [7, 11) is 0. The molecule has 0 atom stereocenters. The highest BCUT2D eigenvalue weighted by molar-refractivity contribution is 7.11. The molecule has 0 aliphatic rings. The summed E-state index contributed by atoms with van der Waals surface area (Å²) in [6.07, 6.45) is -3.77. The summed E-state index contributed by atoms with van der Waals surface area (Å²) >= 11 is 1.39. The highest BCUT2D eigenvalue weighted by Crippen LogP contribution is 2.33. The Morgan fingerprint density at radius 3 is 2.71 bits per heavy atom. The van der Waals surface area contributed by atoms with Crippen molar-refractivity contribution in [3.63, 3.8) is 0 Å². The minimum absolute atomic E-state index is 0.128. The van der Waals surface area contributed by atoms with Crippen LogP contribution in [0.3, 0.4) is 0 Å². The van der Waals surface area contributed by atoms with E-state index in [4.69, 9.17) is 0 Å². The average molecular weight is 357 g/mol. The van der Waals surface area contributed by atoms with Crippen LogP contribution in [0, 0.1) is 10.1 Å². The van der Waals surface area contributed by atoms with Gasteiger partial charge in [-0.25, -0.2) is 5.43 Å². The summed E-state index contributed by atoms with van der Waals surface area (Å²) in [5, 5.41) is 16.4. The van der Waals surface area contributed by atoms with Crippen molar-refractivity contribution in [3.05, 3.63) is 61.8 Å². The van der Waals surface area contributed by atoms with Crippen molar-refractivity contribution in [1.82, 2.24) is 5.43 Å². The number of nitro benzene ring substituents is 1. The first-order valence-corrected chi connectivity index (χ1v) is 7.35. The number of amides is 1. The number of nitro groups is 1. The Bertz CT molecular complexity index is 773. The largest absolute Gasteiger partial charge is 0.416 e. The summed E-state index contributed by atoms with van der Waals surface area (Å²) in [4.78, 5) is 22.5. The van der Waals surface area contributed by atoms with E-state index in [0.29, 0.717) is 12.1 Å². The van der Waals surface area contributed by atoms with Crippen LogP contribution < -0.4 is 5.43 Å². The van der Waals surface area contributed by atoms with E-state index in [-0.39, 0.29) is 5.56 Å². The van der Waals surface area contributed by atoms with Crippen molar-refractivity contribution in [2.75, 3.05) is 0 Å². The normalized spacial score (nSPS) is 11.6. The van der Waals surface area contributed by atoms with Crippen LogP contribution >= 0.6 is 11.3 Å². The van der Waals surface area contributed by atoms with E-state index >= 15 is 0 Å². The average Bonchev–Trinajstić information content (AvgIpc) is 2.99. The Morgan fingerprint density at radius 2 is 2.12 bits per heavy atom. The van der Waals surface area contributed by atoms with Crippen molar-refractivity contribution in [1.29, 1.82) is 0 Å². The molecular formula is C14H10F3N3O3S. The molecule has 0 unspecified atom stereocenters. The van der Waals surface area contributed by atoms with Gasteiger partial charge in [0.1, 0.15) is 0 Å². The van der Waals surface area contributed by atoms with Gasteiger partial charge in [-0.1, -0.05) is 12.1 Å². The molecule has 1 amide bonds.